The van der Waals surface area contributed by atoms with E-state index < -0.39 is 36.8 Å². The zero-order valence-electron chi connectivity index (χ0n) is 48.6. The van der Waals surface area contributed by atoms with Crippen molar-refractivity contribution in [2.45, 2.75) is 235 Å². The van der Waals surface area contributed by atoms with E-state index in [-0.39, 0.29) is 57.0 Å². The first-order chi connectivity index (χ1) is 34.8. The van der Waals surface area contributed by atoms with Gasteiger partial charge in [0.05, 0.1) is 99.1 Å². The Hall–Kier alpha value is -0.188. The van der Waals surface area contributed by atoms with Gasteiger partial charge >= 0.3 is 35.3 Å². The van der Waals surface area contributed by atoms with Crippen LogP contribution in [0, 0.1) is 0 Å². The van der Waals surface area contributed by atoms with E-state index in [9.17, 15) is 15.3 Å². The number of ether oxygens (including phenoxy) is 15. The largest absolute Gasteiger partial charge is 3.00 e. The molecule has 0 aliphatic carbocycles. The molecule has 0 amide bonds. The minimum absolute atomic E-state index is 0. The molecular formula is C54H111AlO18. The van der Waals surface area contributed by atoms with E-state index in [4.69, 9.17) is 71.1 Å². The summed E-state index contributed by atoms with van der Waals surface area (Å²) >= 11 is 0. The van der Waals surface area contributed by atoms with E-state index >= 15 is 0 Å². The fourth-order valence-electron chi connectivity index (χ4n) is 5.51. The van der Waals surface area contributed by atoms with Gasteiger partial charge in [0.15, 0.2) is 0 Å². The average molecular weight is 1080 g/mol. The van der Waals surface area contributed by atoms with Crippen molar-refractivity contribution in [1.82, 2.24) is 0 Å². The van der Waals surface area contributed by atoms with Gasteiger partial charge in [-0.1, -0.05) is 141 Å². The molecular weight excluding hydrogens is 964 g/mol. The van der Waals surface area contributed by atoms with Crippen LogP contribution in [0.1, 0.15) is 199 Å². The predicted molar refractivity (Wildman–Crippen MR) is 280 cm³/mol. The van der Waals surface area contributed by atoms with Crippen LogP contribution in [0.2, 0.25) is 0 Å². The van der Waals surface area contributed by atoms with E-state index in [2.05, 4.69) is 62.3 Å². The Kier molecular flexibility index (Phi) is 64.6. The molecule has 0 aliphatic heterocycles. The second-order valence-corrected chi connectivity index (χ2v) is 17.3. The van der Waals surface area contributed by atoms with Crippen molar-refractivity contribution in [2.75, 3.05) is 119 Å². The van der Waals surface area contributed by atoms with E-state index in [1.807, 2.05) is 0 Å². The molecule has 0 aromatic carbocycles. The molecule has 0 fully saturated rings. The van der Waals surface area contributed by atoms with Crippen LogP contribution in [0.3, 0.4) is 0 Å². The number of unbranched alkanes of at least 4 members (excludes halogenated alkanes) is 9. The first-order valence-corrected chi connectivity index (χ1v) is 28.1. The van der Waals surface area contributed by atoms with E-state index in [0.717, 1.165) is 116 Å². The number of hydrogen-bond donors (Lipinski definition) is 0. The average Bonchev–Trinajstić information content (AvgIpc) is 3.34. The molecule has 438 valence electrons. The smallest absolute Gasteiger partial charge is 0.831 e. The molecule has 0 radical (unpaired) electrons. The molecule has 0 N–H and O–H groups in total. The minimum atomic E-state index is -1.16. The maximum atomic E-state index is 10.9. The van der Waals surface area contributed by atoms with E-state index in [1.165, 1.54) is 20.8 Å². The molecule has 0 saturated heterocycles. The Morgan fingerprint density at radius 3 is 0.534 bits per heavy atom. The van der Waals surface area contributed by atoms with Crippen LogP contribution in [0.4, 0.5) is 0 Å². The standard InChI is InChI=1S/3C18H37O6.Al/c3*1-5-8-11-22-18(23-12-9-6-2,24-13-10-7-3)16-20-14-15-21-17(4)19;/h3*17H,5-16H2,1-4H3;/q3*-1;+3. The summed E-state index contributed by atoms with van der Waals surface area (Å²) in [5.41, 5.74) is 0. The minimum Gasteiger partial charge on any atom is -0.831 e. The number of hydrogen-bond acceptors (Lipinski definition) is 18. The van der Waals surface area contributed by atoms with Crippen molar-refractivity contribution in [3.8, 4) is 0 Å². The third-order valence-electron chi connectivity index (χ3n) is 9.96. The van der Waals surface area contributed by atoms with Gasteiger partial charge in [-0.05, 0) is 76.7 Å². The van der Waals surface area contributed by atoms with Crippen LogP contribution in [-0.2, 0) is 71.1 Å². The Balaban J connectivity index is -0.000000486. The second kappa shape index (κ2) is 59.5. The number of rotatable bonds is 54. The van der Waals surface area contributed by atoms with Crippen molar-refractivity contribution < 1.29 is 86.4 Å². The molecule has 18 nitrogen and oxygen atoms in total. The molecule has 3 atom stereocenters. The topological polar surface area (TPSA) is 208 Å². The molecule has 0 heterocycles. The third kappa shape index (κ3) is 53.6. The molecule has 73 heavy (non-hydrogen) atoms. The van der Waals surface area contributed by atoms with Crippen LogP contribution < -0.4 is 15.3 Å². The maximum absolute atomic E-state index is 10.9. The summed E-state index contributed by atoms with van der Waals surface area (Å²) in [6.45, 7) is 30.6. The Labute approximate surface area is 456 Å². The van der Waals surface area contributed by atoms with Crippen LogP contribution in [0.15, 0.2) is 0 Å². The summed E-state index contributed by atoms with van der Waals surface area (Å²) in [5, 5.41) is 32.6. The summed E-state index contributed by atoms with van der Waals surface area (Å²) in [6.07, 6.45) is 14.7. The van der Waals surface area contributed by atoms with Crippen molar-refractivity contribution in [3.05, 3.63) is 0 Å². The van der Waals surface area contributed by atoms with Gasteiger partial charge in [0.2, 0.25) is 0 Å². The first-order valence-electron chi connectivity index (χ1n) is 28.1. The molecule has 0 aliphatic rings. The van der Waals surface area contributed by atoms with Crippen LogP contribution in [0.25, 0.3) is 0 Å². The normalized spacial score (nSPS) is 13.2. The van der Waals surface area contributed by atoms with Gasteiger partial charge in [-0.3, -0.25) is 0 Å². The van der Waals surface area contributed by atoms with Gasteiger partial charge in [-0.2, -0.15) is 0 Å². The Morgan fingerprint density at radius 1 is 0.260 bits per heavy atom. The van der Waals surface area contributed by atoms with Gasteiger partial charge in [0, 0.05) is 0 Å². The molecule has 0 spiro atoms. The molecule has 0 aromatic rings. The molecule has 0 bridgehead atoms. The zero-order valence-corrected chi connectivity index (χ0v) is 49.8. The van der Waals surface area contributed by atoms with Gasteiger partial charge in [0.1, 0.15) is 19.8 Å². The summed E-state index contributed by atoms with van der Waals surface area (Å²) in [6, 6.07) is 0. The van der Waals surface area contributed by atoms with Crippen LogP contribution in [0.5, 0.6) is 0 Å². The molecule has 0 rings (SSSR count). The van der Waals surface area contributed by atoms with E-state index in [1.54, 1.807) is 0 Å². The first kappa shape index (κ1) is 79.3. The van der Waals surface area contributed by atoms with Gasteiger partial charge in [-0.25, -0.2) is 0 Å². The van der Waals surface area contributed by atoms with Crippen molar-refractivity contribution >= 4 is 17.4 Å². The van der Waals surface area contributed by atoms with Gasteiger partial charge in [0.25, 0.3) is 0 Å². The third-order valence-corrected chi connectivity index (χ3v) is 9.96. The molecule has 0 aromatic heterocycles. The van der Waals surface area contributed by atoms with Crippen molar-refractivity contribution in [3.63, 3.8) is 0 Å². The van der Waals surface area contributed by atoms with E-state index in [0.29, 0.717) is 79.3 Å². The van der Waals surface area contributed by atoms with Crippen LogP contribution in [-0.4, -0.2) is 173 Å². The van der Waals surface area contributed by atoms with Crippen molar-refractivity contribution in [2.24, 2.45) is 0 Å². The molecule has 19 heteroatoms. The molecule has 3 unspecified atom stereocenters. The quantitative estimate of drug-likeness (QED) is 0.0320. The predicted octanol–water partition coefficient (Wildman–Crippen LogP) is 8.11. The maximum Gasteiger partial charge on any atom is 3.00 e. The molecule has 0 saturated carbocycles. The van der Waals surface area contributed by atoms with Crippen LogP contribution >= 0.6 is 0 Å². The Bertz CT molecular complexity index is 831. The monoisotopic (exact) mass is 1070 g/mol. The van der Waals surface area contributed by atoms with Crippen molar-refractivity contribution in [1.29, 1.82) is 0 Å². The van der Waals surface area contributed by atoms with Gasteiger partial charge < -0.3 is 86.4 Å². The second-order valence-electron chi connectivity index (χ2n) is 17.3. The summed E-state index contributed by atoms with van der Waals surface area (Å²) < 4.78 is 84.9. The summed E-state index contributed by atoms with van der Waals surface area (Å²) in [5.74, 6) is -3.49. The fourth-order valence-corrected chi connectivity index (χ4v) is 5.51. The van der Waals surface area contributed by atoms with Gasteiger partial charge in [-0.15, -0.1) is 0 Å². The zero-order chi connectivity index (χ0) is 54.3. The SMILES string of the molecule is CCCCOC(COCCOC(C)[O-])(OCCCC)OCCCC.CCCCOC(COCCOC(C)[O-])(OCCCC)OCCCC.CCCCOC(COCCOC(C)[O-])(OCCCC)OCCCC.[Al+3]. The summed E-state index contributed by atoms with van der Waals surface area (Å²) in [7, 11) is 0. The Morgan fingerprint density at radius 2 is 0.411 bits per heavy atom. The fraction of sp³-hybridized carbons (Fsp3) is 1.00. The summed E-state index contributed by atoms with van der Waals surface area (Å²) in [4.78, 5) is 0.